The maximum atomic E-state index is 5.72. The van der Waals surface area contributed by atoms with Gasteiger partial charge in [-0.2, -0.15) is 0 Å². The molecular weight excluding hydrogens is 262 g/mol. The van der Waals surface area contributed by atoms with E-state index in [4.69, 9.17) is 9.47 Å². The molecule has 0 spiro atoms. The number of benzene rings is 2. The first-order valence-corrected chi connectivity index (χ1v) is 7.45. The third-order valence-corrected chi connectivity index (χ3v) is 3.90. The molecule has 2 aromatic carbocycles. The molecule has 0 aliphatic carbocycles. The van der Waals surface area contributed by atoms with E-state index in [1.807, 2.05) is 12.1 Å². The van der Waals surface area contributed by atoms with Crippen LogP contribution in [-0.2, 0) is 6.42 Å². The van der Waals surface area contributed by atoms with Crippen molar-refractivity contribution in [2.45, 2.75) is 18.9 Å². The van der Waals surface area contributed by atoms with Gasteiger partial charge < -0.3 is 14.8 Å². The van der Waals surface area contributed by atoms with E-state index in [9.17, 15) is 0 Å². The van der Waals surface area contributed by atoms with Gasteiger partial charge in [-0.15, -0.1) is 0 Å². The number of rotatable bonds is 5. The van der Waals surface area contributed by atoms with Gasteiger partial charge in [-0.3, -0.25) is 0 Å². The van der Waals surface area contributed by atoms with Crippen molar-refractivity contribution in [3.8, 4) is 11.5 Å². The molecule has 0 amide bonds. The van der Waals surface area contributed by atoms with Gasteiger partial charge in [0.2, 0.25) is 0 Å². The monoisotopic (exact) mass is 283 g/mol. The number of ether oxygens (including phenoxy) is 2. The van der Waals surface area contributed by atoms with Crippen LogP contribution in [0.4, 0.5) is 0 Å². The molecule has 3 rings (SSSR count). The third kappa shape index (κ3) is 3.37. The lowest BCUT2D eigenvalue weighted by Crippen LogP contribution is -2.28. The Kier molecular flexibility index (Phi) is 4.41. The van der Waals surface area contributed by atoms with Gasteiger partial charge in [-0.1, -0.05) is 30.3 Å². The Hall–Kier alpha value is -2.00. The van der Waals surface area contributed by atoms with Gasteiger partial charge >= 0.3 is 0 Å². The zero-order chi connectivity index (χ0) is 14.5. The number of hydrogen-bond donors (Lipinski definition) is 1. The Morgan fingerprint density at radius 1 is 1.19 bits per heavy atom. The first kappa shape index (κ1) is 14.0. The van der Waals surface area contributed by atoms with Crippen molar-refractivity contribution in [2.24, 2.45) is 0 Å². The summed E-state index contributed by atoms with van der Waals surface area (Å²) in [5, 5.41) is 3.64. The normalized spacial score (nSPS) is 16.9. The van der Waals surface area contributed by atoms with Crippen LogP contribution in [0.3, 0.4) is 0 Å². The molecule has 0 bridgehead atoms. The highest BCUT2D eigenvalue weighted by Gasteiger charge is 2.21. The molecule has 2 aromatic rings. The summed E-state index contributed by atoms with van der Waals surface area (Å²) in [6, 6.07) is 16.9. The van der Waals surface area contributed by atoms with Gasteiger partial charge in [0.1, 0.15) is 11.5 Å². The molecule has 0 radical (unpaired) electrons. The van der Waals surface area contributed by atoms with E-state index < -0.39 is 0 Å². The predicted octanol–water partition coefficient (Wildman–Crippen LogP) is 3.35. The van der Waals surface area contributed by atoms with Crippen LogP contribution in [-0.4, -0.2) is 20.3 Å². The topological polar surface area (TPSA) is 30.5 Å². The maximum Gasteiger partial charge on any atom is 0.124 e. The minimum atomic E-state index is 0.340. The molecule has 0 saturated carbocycles. The van der Waals surface area contributed by atoms with Crippen molar-refractivity contribution in [1.82, 2.24) is 5.32 Å². The molecule has 1 N–H and O–H groups in total. The highest BCUT2D eigenvalue weighted by molar-refractivity contribution is 5.43. The molecule has 1 aliphatic heterocycles. The molecule has 0 saturated heterocycles. The highest BCUT2D eigenvalue weighted by atomic mass is 16.5. The lowest BCUT2D eigenvalue weighted by molar-refractivity contribution is 0.252. The standard InChI is InChI=1S/C18H21NO2/c1-20-15-7-8-18-16(13-15)17(10-12-21-18)19-11-9-14-5-3-2-4-6-14/h2-8,13,17,19H,9-12H2,1H3. The SMILES string of the molecule is COc1ccc2c(c1)C(NCCc1ccccc1)CCO2. The first-order valence-electron chi connectivity index (χ1n) is 7.45. The third-order valence-electron chi connectivity index (χ3n) is 3.90. The maximum absolute atomic E-state index is 5.72. The number of fused-ring (bicyclic) bond motifs is 1. The minimum absolute atomic E-state index is 0.340. The van der Waals surface area contributed by atoms with Gasteiger partial charge in [0, 0.05) is 18.0 Å². The van der Waals surface area contributed by atoms with Gasteiger partial charge in [-0.05, 0) is 36.7 Å². The summed E-state index contributed by atoms with van der Waals surface area (Å²) < 4.78 is 11.0. The van der Waals surface area contributed by atoms with Crippen molar-refractivity contribution < 1.29 is 9.47 Å². The molecule has 0 fully saturated rings. The van der Waals surface area contributed by atoms with E-state index >= 15 is 0 Å². The average molecular weight is 283 g/mol. The fourth-order valence-corrected chi connectivity index (χ4v) is 2.75. The molecule has 3 nitrogen and oxygen atoms in total. The summed E-state index contributed by atoms with van der Waals surface area (Å²) >= 11 is 0. The van der Waals surface area contributed by atoms with Crippen LogP contribution in [0.1, 0.15) is 23.6 Å². The quantitative estimate of drug-likeness (QED) is 0.913. The molecule has 1 atom stereocenters. The second-order valence-electron chi connectivity index (χ2n) is 5.28. The zero-order valence-corrected chi connectivity index (χ0v) is 12.3. The van der Waals surface area contributed by atoms with Crippen molar-refractivity contribution >= 4 is 0 Å². The fourth-order valence-electron chi connectivity index (χ4n) is 2.75. The number of hydrogen-bond acceptors (Lipinski definition) is 3. The molecule has 110 valence electrons. The van der Waals surface area contributed by atoms with E-state index in [1.165, 1.54) is 11.1 Å². The molecule has 21 heavy (non-hydrogen) atoms. The molecular formula is C18H21NO2. The molecule has 3 heteroatoms. The van der Waals surface area contributed by atoms with E-state index in [1.54, 1.807) is 7.11 Å². The second kappa shape index (κ2) is 6.64. The predicted molar refractivity (Wildman–Crippen MR) is 84.0 cm³/mol. The van der Waals surface area contributed by atoms with Crippen LogP contribution in [0.15, 0.2) is 48.5 Å². The van der Waals surface area contributed by atoms with E-state index in [0.29, 0.717) is 6.04 Å². The van der Waals surface area contributed by atoms with E-state index in [-0.39, 0.29) is 0 Å². The van der Waals surface area contributed by atoms with Crippen LogP contribution in [0.25, 0.3) is 0 Å². The van der Waals surface area contributed by atoms with Crippen LogP contribution in [0.5, 0.6) is 11.5 Å². The fraction of sp³-hybridized carbons (Fsp3) is 0.333. The Bertz CT molecular complexity index is 583. The molecule has 1 unspecified atom stereocenters. The summed E-state index contributed by atoms with van der Waals surface area (Å²) in [6.45, 7) is 1.73. The summed E-state index contributed by atoms with van der Waals surface area (Å²) in [5.41, 5.74) is 2.57. The van der Waals surface area contributed by atoms with Crippen molar-refractivity contribution in [1.29, 1.82) is 0 Å². The van der Waals surface area contributed by atoms with Crippen LogP contribution >= 0.6 is 0 Å². The highest BCUT2D eigenvalue weighted by Crippen LogP contribution is 2.34. The Balaban J connectivity index is 1.64. The summed E-state index contributed by atoms with van der Waals surface area (Å²) in [5.74, 6) is 1.85. The largest absolute Gasteiger partial charge is 0.497 e. The summed E-state index contributed by atoms with van der Waals surface area (Å²) in [4.78, 5) is 0. The number of nitrogens with one attached hydrogen (secondary N) is 1. The zero-order valence-electron chi connectivity index (χ0n) is 12.3. The Labute approximate surface area is 125 Å². The van der Waals surface area contributed by atoms with Gasteiger partial charge in [-0.25, -0.2) is 0 Å². The van der Waals surface area contributed by atoms with E-state index in [0.717, 1.165) is 37.5 Å². The lowest BCUT2D eigenvalue weighted by Gasteiger charge is -2.27. The molecule has 1 aliphatic rings. The minimum Gasteiger partial charge on any atom is -0.497 e. The number of methoxy groups -OCH3 is 1. The molecule has 1 heterocycles. The van der Waals surface area contributed by atoms with Gasteiger partial charge in [0.05, 0.1) is 13.7 Å². The Morgan fingerprint density at radius 3 is 2.86 bits per heavy atom. The smallest absolute Gasteiger partial charge is 0.124 e. The summed E-state index contributed by atoms with van der Waals surface area (Å²) in [6.07, 6.45) is 2.03. The van der Waals surface area contributed by atoms with Crippen LogP contribution in [0.2, 0.25) is 0 Å². The molecule has 0 aromatic heterocycles. The van der Waals surface area contributed by atoms with Crippen LogP contribution < -0.4 is 14.8 Å². The van der Waals surface area contributed by atoms with Crippen molar-refractivity contribution in [3.63, 3.8) is 0 Å². The second-order valence-corrected chi connectivity index (χ2v) is 5.28. The van der Waals surface area contributed by atoms with Crippen molar-refractivity contribution in [2.75, 3.05) is 20.3 Å². The van der Waals surface area contributed by atoms with E-state index in [2.05, 4.69) is 41.7 Å². The van der Waals surface area contributed by atoms with Gasteiger partial charge in [0.15, 0.2) is 0 Å². The average Bonchev–Trinajstić information content (AvgIpc) is 2.55. The first-order chi connectivity index (χ1) is 10.4. The van der Waals surface area contributed by atoms with Crippen molar-refractivity contribution in [3.05, 3.63) is 59.7 Å². The summed E-state index contributed by atoms with van der Waals surface area (Å²) in [7, 11) is 1.70. The van der Waals surface area contributed by atoms with Crippen LogP contribution in [0, 0.1) is 0 Å². The lowest BCUT2D eigenvalue weighted by atomic mass is 10.00. The van der Waals surface area contributed by atoms with Gasteiger partial charge in [0.25, 0.3) is 0 Å². The Morgan fingerprint density at radius 2 is 2.05 bits per heavy atom.